The van der Waals surface area contributed by atoms with Crippen LogP contribution >= 0.6 is 0 Å². The van der Waals surface area contributed by atoms with Crippen molar-refractivity contribution in [2.24, 2.45) is 7.05 Å². The normalized spacial score (nSPS) is 11.4. The van der Waals surface area contributed by atoms with Crippen LogP contribution < -0.4 is 0 Å². The van der Waals surface area contributed by atoms with Gasteiger partial charge in [0.1, 0.15) is 0 Å². The molecular weight excluding hydrogens is 240 g/mol. The molecule has 2 heterocycles. The van der Waals surface area contributed by atoms with Crippen LogP contribution in [0.4, 0.5) is 0 Å². The van der Waals surface area contributed by atoms with Crippen LogP contribution in [0.1, 0.15) is 34.2 Å². The molecule has 5 nitrogen and oxygen atoms in total. The molecular formula is C14H18N4O. The molecule has 100 valence electrons. The third-order valence-corrected chi connectivity index (χ3v) is 3.22. The van der Waals surface area contributed by atoms with Gasteiger partial charge in [-0.3, -0.25) is 14.2 Å². The maximum absolute atomic E-state index is 12.1. The van der Waals surface area contributed by atoms with Crippen LogP contribution in [0.3, 0.4) is 0 Å². The van der Waals surface area contributed by atoms with Crippen molar-refractivity contribution in [3.8, 4) is 0 Å². The van der Waals surface area contributed by atoms with Gasteiger partial charge in [-0.2, -0.15) is 10.2 Å². The van der Waals surface area contributed by atoms with E-state index >= 15 is 0 Å². The Bertz CT molecular complexity index is 634. The highest BCUT2D eigenvalue weighted by Crippen LogP contribution is 2.11. The first-order chi connectivity index (χ1) is 9.02. The van der Waals surface area contributed by atoms with E-state index in [1.807, 2.05) is 27.8 Å². The summed E-state index contributed by atoms with van der Waals surface area (Å²) in [7, 11) is 1.88. The smallest absolute Gasteiger partial charge is 0.189 e. The molecule has 0 fully saturated rings. The fraction of sp³-hybridized carbons (Fsp3) is 0.357. The number of hydrogen-bond donors (Lipinski definition) is 0. The van der Waals surface area contributed by atoms with E-state index in [1.165, 1.54) is 0 Å². The topological polar surface area (TPSA) is 52.7 Å². The lowest BCUT2D eigenvalue weighted by atomic mass is 10.1. The van der Waals surface area contributed by atoms with Crippen molar-refractivity contribution in [3.63, 3.8) is 0 Å². The van der Waals surface area contributed by atoms with Gasteiger partial charge in [0.15, 0.2) is 5.78 Å². The summed E-state index contributed by atoms with van der Waals surface area (Å²) in [6.07, 6.45) is 6.92. The molecule has 2 aromatic rings. The van der Waals surface area contributed by atoms with Gasteiger partial charge in [0.2, 0.25) is 0 Å². The van der Waals surface area contributed by atoms with Crippen LogP contribution in [-0.4, -0.2) is 25.3 Å². The van der Waals surface area contributed by atoms with Crippen molar-refractivity contribution < 1.29 is 4.79 Å². The number of allylic oxidation sites excluding steroid dienone is 1. The van der Waals surface area contributed by atoms with E-state index in [2.05, 4.69) is 10.2 Å². The first-order valence-corrected chi connectivity index (χ1v) is 6.28. The molecule has 0 N–H and O–H groups in total. The molecule has 0 aliphatic rings. The highest BCUT2D eigenvalue weighted by atomic mass is 16.1. The Kier molecular flexibility index (Phi) is 3.64. The lowest BCUT2D eigenvalue weighted by Crippen LogP contribution is -1.95. The molecule has 2 rings (SSSR count). The molecule has 0 spiro atoms. The molecule has 2 aromatic heterocycles. The van der Waals surface area contributed by atoms with Gasteiger partial charge in [0.05, 0.1) is 17.5 Å². The third-order valence-electron chi connectivity index (χ3n) is 3.22. The zero-order valence-electron chi connectivity index (χ0n) is 11.7. The number of carbonyl (C=O) groups is 1. The highest BCUT2D eigenvalue weighted by molar-refractivity contribution is 6.07. The van der Waals surface area contributed by atoms with Crippen LogP contribution in [0.5, 0.6) is 0 Å². The highest BCUT2D eigenvalue weighted by Gasteiger charge is 2.10. The third kappa shape index (κ3) is 2.65. The fourth-order valence-corrected chi connectivity index (χ4v) is 1.86. The number of aromatic nitrogens is 4. The quantitative estimate of drug-likeness (QED) is 0.623. The van der Waals surface area contributed by atoms with Crippen LogP contribution in [0.15, 0.2) is 18.5 Å². The lowest BCUT2D eigenvalue weighted by molar-refractivity contribution is 0.104. The largest absolute Gasteiger partial charge is 0.289 e. The Morgan fingerprint density at radius 3 is 2.68 bits per heavy atom. The number of carbonyl (C=O) groups excluding carboxylic acids is 1. The van der Waals surface area contributed by atoms with E-state index in [-0.39, 0.29) is 5.78 Å². The van der Waals surface area contributed by atoms with Crippen molar-refractivity contribution in [2.75, 3.05) is 0 Å². The summed E-state index contributed by atoms with van der Waals surface area (Å²) in [5, 5.41) is 8.41. The van der Waals surface area contributed by atoms with E-state index in [0.29, 0.717) is 5.56 Å². The van der Waals surface area contributed by atoms with E-state index in [9.17, 15) is 4.79 Å². The number of aryl methyl sites for hydroxylation is 3. The second kappa shape index (κ2) is 5.22. The van der Waals surface area contributed by atoms with E-state index in [4.69, 9.17) is 0 Å². The average molecular weight is 258 g/mol. The van der Waals surface area contributed by atoms with Gasteiger partial charge in [-0.1, -0.05) is 0 Å². The molecule has 0 atom stereocenters. The Balaban J connectivity index is 2.21. The predicted molar refractivity (Wildman–Crippen MR) is 73.9 cm³/mol. The Morgan fingerprint density at radius 2 is 2.16 bits per heavy atom. The maximum atomic E-state index is 12.1. The summed E-state index contributed by atoms with van der Waals surface area (Å²) in [6.45, 7) is 6.58. The minimum Gasteiger partial charge on any atom is -0.289 e. The molecule has 0 aliphatic carbocycles. The summed E-state index contributed by atoms with van der Waals surface area (Å²) in [5.41, 5.74) is 3.40. The van der Waals surface area contributed by atoms with Gasteiger partial charge in [-0.15, -0.1) is 0 Å². The lowest BCUT2D eigenvalue weighted by Gasteiger charge is -1.94. The van der Waals surface area contributed by atoms with E-state index in [1.54, 1.807) is 33.9 Å². The molecule has 0 bridgehead atoms. The summed E-state index contributed by atoms with van der Waals surface area (Å²) in [6, 6.07) is 0. The maximum Gasteiger partial charge on any atom is 0.189 e. The van der Waals surface area contributed by atoms with E-state index < -0.39 is 0 Å². The second-order valence-electron chi connectivity index (χ2n) is 4.49. The van der Waals surface area contributed by atoms with E-state index in [0.717, 1.165) is 23.5 Å². The minimum atomic E-state index is -0.0274. The molecule has 0 aromatic carbocycles. The van der Waals surface area contributed by atoms with Gasteiger partial charge >= 0.3 is 0 Å². The van der Waals surface area contributed by atoms with Gasteiger partial charge < -0.3 is 0 Å². The Labute approximate surface area is 112 Å². The second-order valence-corrected chi connectivity index (χ2v) is 4.49. The van der Waals surface area contributed by atoms with Crippen LogP contribution in [-0.2, 0) is 13.6 Å². The van der Waals surface area contributed by atoms with Crippen molar-refractivity contribution in [1.29, 1.82) is 0 Å². The summed E-state index contributed by atoms with van der Waals surface area (Å²) in [5.74, 6) is -0.0274. The molecule has 0 radical (unpaired) electrons. The summed E-state index contributed by atoms with van der Waals surface area (Å²) < 4.78 is 3.55. The predicted octanol–water partition coefficient (Wildman–Crippen LogP) is 2.15. The molecule has 0 saturated heterocycles. The van der Waals surface area contributed by atoms with Crippen LogP contribution in [0.25, 0.3) is 6.08 Å². The summed E-state index contributed by atoms with van der Waals surface area (Å²) in [4.78, 5) is 12.1. The molecule has 19 heavy (non-hydrogen) atoms. The number of nitrogens with zero attached hydrogens (tertiary/aromatic N) is 4. The molecule has 0 amide bonds. The van der Waals surface area contributed by atoms with Crippen molar-refractivity contribution >= 4 is 11.9 Å². The molecule has 0 saturated carbocycles. The van der Waals surface area contributed by atoms with Crippen molar-refractivity contribution in [3.05, 3.63) is 41.0 Å². The molecule has 5 heteroatoms. The van der Waals surface area contributed by atoms with Gasteiger partial charge in [-0.25, -0.2) is 0 Å². The van der Waals surface area contributed by atoms with Gasteiger partial charge in [-0.05, 0) is 32.9 Å². The number of ketones is 1. The zero-order valence-corrected chi connectivity index (χ0v) is 11.7. The first kappa shape index (κ1) is 13.3. The van der Waals surface area contributed by atoms with Crippen molar-refractivity contribution in [2.45, 2.75) is 27.3 Å². The monoisotopic (exact) mass is 258 g/mol. The molecule has 0 aliphatic heterocycles. The first-order valence-electron chi connectivity index (χ1n) is 6.28. The van der Waals surface area contributed by atoms with Crippen molar-refractivity contribution in [1.82, 2.24) is 19.6 Å². The SMILES string of the molecule is CCn1cc(C(=O)/C=C/c2cnn(C)c2C)c(C)n1. The van der Waals surface area contributed by atoms with Crippen LogP contribution in [0, 0.1) is 13.8 Å². The minimum absolute atomic E-state index is 0.0274. The number of hydrogen-bond acceptors (Lipinski definition) is 3. The standard InChI is InChI=1S/C14H18N4O/c1-5-18-9-13(10(2)16-18)14(19)7-6-12-8-15-17(4)11(12)3/h6-9H,5H2,1-4H3/b7-6+. The zero-order chi connectivity index (χ0) is 14.0. The van der Waals surface area contributed by atoms with Crippen LogP contribution in [0.2, 0.25) is 0 Å². The summed E-state index contributed by atoms with van der Waals surface area (Å²) >= 11 is 0. The average Bonchev–Trinajstić information content (AvgIpc) is 2.92. The fourth-order valence-electron chi connectivity index (χ4n) is 1.86. The number of rotatable bonds is 4. The van der Waals surface area contributed by atoms with Gasteiger partial charge in [0, 0.05) is 31.0 Å². The Hall–Kier alpha value is -2.17. The van der Waals surface area contributed by atoms with Gasteiger partial charge in [0.25, 0.3) is 0 Å². The Morgan fingerprint density at radius 1 is 1.42 bits per heavy atom. The molecule has 0 unspecified atom stereocenters.